The third-order valence-corrected chi connectivity index (χ3v) is 4.56. The number of nitrogens with zero attached hydrogens (tertiary/aromatic N) is 1. The van der Waals surface area contributed by atoms with Crippen molar-refractivity contribution in [1.82, 2.24) is 9.88 Å². The molecule has 1 aliphatic heterocycles. The molecule has 1 amide bonds. The summed E-state index contributed by atoms with van der Waals surface area (Å²) in [6.07, 6.45) is 3.33. The largest absolute Gasteiger partial charge is 0.376 e. The molecule has 0 aromatic carbocycles. The van der Waals surface area contributed by atoms with Gasteiger partial charge in [0.15, 0.2) is 0 Å². The Balaban J connectivity index is 2.10. The van der Waals surface area contributed by atoms with Crippen molar-refractivity contribution in [2.24, 2.45) is 0 Å². The van der Waals surface area contributed by atoms with E-state index in [1.165, 1.54) is 12.3 Å². The maximum atomic E-state index is 12.1. The number of hydrogen-bond donors (Lipinski definition) is 1. The Kier molecular flexibility index (Phi) is 4.72. The molecule has 0 aliphatic carbocycles. The predicted octanol–water partition coefficient (Wildman–Crippen LogP) is 1.34. The topological polar surface area (TPSA) is 77.4 Å². The summed E-state index contributed by atoms with van der Waals surface area (Å²) in [5, 5.41) is 2.76. The lowest BCUT2D eigenvalue weighted by Crippen LogP contribution is -2.32. The fourth-order valence-electron chi connectivity index (χ4n) is 2.17. The van der Waals surface area contributed by atoms with Gasteiger partial charge in [0, 0.05) is 36.6 Å². The molecule has 0 spiro atoms. The zero-order chi connectivity index (χ0) is 14.8. The Morgan fingerprint density at radius 1 is 1.60 bits per heavy atom. The number of aromatic nitrogens is 1. The molecule has 1 unspecified atom stereocenters. The summed E-state index contributed by atoms with van der Waals surface area (Å²) in [5.41, 5.74) is 0.282. The van der Waals surface area contributed by atoms with Crippen molar-refractivity contribution in [3.05, 3.63) is 18.0 Å². The van der Waals surface area contributed by atoms with Gasteiger partial charge in [-0.1, -0.05) is 0 Å². The molecule has 1 atom stereocenters. The quantitative estimate of drug-likeness (QED) is 0.831. The van der Waals surface area contributed by atoms with E-state index in [1.807, 2.05) is 6.92 Å². The summed E-state index contributed by atoms with van der Waals surface area (Å²) in [6.45, 7) is 3.45. The zero-order valence-corrected chi connectivity index (χ0v) is 12.7. The second kappa shape index (κ2) is 6.15. The van der Waals surface area contributed by atoms with E-state index >= 15 is 0 Å². The van der Waals surface area contributed by atoms with Crippen molar-refractivity contribution in [2.75, 3.05) is 13.2 Å². The molecule has 8 heteroatoms. The highest BCUT2D eigenvalue weighted by Gasteiger charge is 2.21. The number of hydrogen-bond acceptors (Lipinski definition) is 4. The van der Waals surface area contributed by atoms with Crippen LogP contribution in [0.25, 0.3) is 0 Å². The molecule has 2 heterocycles. The number of aryl methyl sites for hydroxylation is 1. The number of carbonyl (C=O) groups is 1. The summed E-state index contributed by atoms with van der Waals surface area (Å²) in [5.74, 6) is -0.325. The Labute approximate surface area is 122 Å². The van der Waals surface area contributed by atoms with Crippen molar-refractivity contribution in [1.29, 1.82) is 0 Å². The van der Waals surface area contributed by atoms with E-state index < -0.39 is 9.05 Å². The first-order chi connectivity index (χ1) is 9.41. The first kappa shape index (κ1) is 15.3. The second-order valence-corrected chi connectivity index (χ2v) is 7.20. The lowest BCUT2D eigenvalue weighted by Gasteiger charge is -2.11. The van der Waals surface area contributed by atoms with E-state index in [9.17, 15) is 13.2 Å². The molecule has 0 saturated carbocycles. The van der Waals surface area contributed by atoms with Crippen LogP contribution in [-0.2, 0) is 20.3 Å². The van der Waals surface area contributed by atoms with Crippen LogP contribution in [0.3, 0.4) is 0 Å². The Bertz CT molecular complexity index is 591. The average Bonchev–Trinajstić information content (AvgIpc) is 3.03. The Morgan fingerprint density at radius 3 is 2.90 bits per heavy atom. The van der Waals surface area contributed by atoms with Crippen LogP contribution in [0.1, 0.15) is 30.3 Å². The lowest BCUT2D eigenvalue weighted by molar-refractivity contribution is 0.0850. The summed E-state index contributed by atoms with van der Waals surface area (Å²) in [6, 6.07) is 1.29. The molecule has 1 fully saturated rings. The van der Waals surface area contributed by atoms with Crippen LogP contribution in [0.4, 0.5) is 0 Å². The molecular weight excluding hydrogens is 304 g/mol. The van der Waals surface area contributed by atoms with Gasteiger partial charge in [0.2, 0.25) is 0 Å². The molecule has 2 rings (SSSR count). The van der Waals surface area contributed by atoms with E-state index in [4.69, 9.17) is 15.4 Å². The summed E-state index contributed by atoms with van der Waals surface area (Å²) < 4.78 is 29.6. The van der Waals surface area contributed by atoms with Crippen molar-refractivity contribution in [2.45, 2.75) is 37.3 Å². The van der Waals surface area contributed by atoms with Crippen molar-refractivity contribution in [3.63, 3.8) is 0 Å². The van der Waals surface area contributed by atoms with Gasteiger partial charge in [-0.15, -0.1) is 0 Å². The SMILES string of the molecule is CCn1cc(S(=O)(=O)Cl)cc1C(=O)NCC1CCCO1. The second-order valence-electron chi connectivity index (χ2n) is 4.63. The first-order valence-corrected chi connectivity index (χ1v) is 8.77. The van der Waals surface area contributed by atoms with E-state index in [0.717, 1.165) is 19.4 Å². The maximum Gasteiger partial charge on any atom is 0.268 e. The van der Waals surface area contributed by atoms with Gasteiger partial charge < -0.3 is 14.6 Å². The van der Waals surface area contributed by atoms with E-state index in [-0.39, 0.29) is 22.6 Å². The monoisotopic (exact) mass is 320 g/mol. The van der Waals surface area contributed by atoms with Crippen LogP contribution in [0.5, 0.6) is 0 Å². The van der Waals surface area contributed by atoms with Crippen LogP contribution in [0, 0.1) is 0 Å². The van der Waals surface area contributed by atoms with Gasteiger partial charge in [0.05, 0.1) is 6.10 Å². The maximum absolute atomic E-state index is 12.1. The summed E-state index contributed by atoms with van der Waals surface area (Å²) >= 11 is 0. The van der Waals surface area contributed by atoms with Crippen LogP contribution >= 0.6 is 10.7 Å². The molecule has 1 aromatic heterocycles. The minimum absolute atomic E-state index is 0.0419. The van der Waals surface area contributed by atoms with E-state index in [0.29, 0.717) is 13.1 Å². The minimum Gasteiger partial charge on any atom is -0.376 e. The van der Waals surface area contributed by atoms with Crippen molar-refractivity contribution < 1.29 is 17.9 Å². The third kappa shape index (κ3) is 3.53. The minimum atomic E-state index is -3.83. The molecule has 1 N–H and O–H groups in total. The van der Waals surface area contributed by atoms with Crippen molar-refractivity contribution >= 4 is 25.6 Å². The van der Waals surface area contributed by atoms with Gasteiger partial charge in [0.1, 0.15) is 10.6 Å². The third-order valence-electron chi connectivity index (χ3n) is 3.24. The van der Waals surface area contributed by atoms with Crippen molar-refractivity contribution in [3.8, 4) is 0 Å². The standard InChI is InChI=1S/C12H17ClN2O4S/c1-2-15-8-10(20(13,17)18)6-11(15)12(16)14-7-9-4-3-5-19-9/h6,8-9H,2-5,7H2,1H3,(H,14,16). The molecule has 112 valence electrons. The Hall–Kier alpha value is -1.05. The van der Waals surface area contributed by atoms with E-state index in [2.05, 4.69) is 5.32 Å². The van der Waals surface area contributed by atoms with Gasteiger partial charge in [-0.25, -0.2) is 8.42 Å². The van der Waals surface area contributed by atoms with Gasteiger partial charge >= 0.3 is 0 Å². The molecule has 6 nitrogen and oxygen atoms in total. The molecule has 0 bridgehead atoms. The number of amides is 1. The Morgan fingerprint density at radius 2 is 2.35 bits per heavy atom. The fraction of sp³-hybridized carbons (Fsp3) is 0.583. The predicted molar refractivity (Wildman–Crippen MR) is 74.5 cm³/mol. The lowest BCUT2D eigenvalue weighted by atomic mass is 10.2. The average molecular weight is 321 g/mol. The highest BCUT2D eigenvalue weighted by molar-refractivity contribution is 8.13. The van der Waals surface area contributed by atoms with Gasteiger partial charge in [-0.2, -0.15) is 0 Å². The molecule has 0 radical (unpaired) electrons. The number of rotatable bonds is 5. The number of nitrogens with one attached hydrogen (secondary N) is 1. The molecule has 1 saturated heterocycles. The summed E-state index contributed by atoms with van der Waals surface area (Å²) in [7, 11) is 1.46. The van der Waals surface area contributed by atoms with Crippen LogP contribution in [0.2, 0.25) is 0 Å². The highest BCUT2D eigenvalue weighted by Crippen LogP contribution is 2.19. The van der Waals surface area contributed by atoms with E-state index in [1.54, 1.807) is 4.57 Å². The molecule has 20 heavy (non-hydrogen) atoms. The fourth-order valence-corrected chi connectivity index (χ4v) is 2.93. The van der Waals surface area contributed by atoms with Crippen LogP contribution in [0.15, 0.2) is 17.2 Å². The number of carbonyl (C=O) groups excluding carboxylic acids is 1. The van der Waals surface area contributed by atoms with Crippen LogP contribution in [-0.4, -0.2) is 38.1 Å². The smallest absolute Gasteiger partial charge is 0.268 e. The zero-order valence-electron chi connectivity index (χ0n) is 11.1. The normalized spacial score (nSPS) is 19.2. The number of halogens is 1. The van der Waals surface area contributed by atoms with Crippen LogP contribution < -0.4 is 5.32 Å². The molecule has 1 aromatic rings. The van der Waals surface area contributed by atoms with Gasteiger partial charge in [-0.05, 0) is 25.8 Å². The highest BCUT2D eigenvalue weighted by atomic mass is 35.7. The molecular formula is C12H17ClN2O4S. The summed E-state index contributed by atoms with van der Waals surface area (Å²) in [4.78, 5) is 12.0. The van der Waals surface area contributed by atoms with Gasteiger partial charge in [-0.3, -0.25) is 4.79 Å². The van der Waals surface area contributed by atoms with Gasteiger partial charge in [0.25, 0.3) is 15.0 Å². The first-order valence-electron chi connectivity index (χ1n) is 6.46. The number of ether oxygens (including phenoxy) is 1. The molecule has 1 aliphatic rings.